The lowest BCUT2D eigenvalue weighted by Gasteiger charge is -2.16. The molecule has 2 heterocycles. The minimum absolute atomic E-state index is 0.126. The van der Waals surface area contributed by atoms with Crippen molar-refractivity contribution in [2.75, 3.05) is 0 Å². The van der Waals surface area contributed by atoms with Crippen LogP contribution in [0.3, 0.4) is 0 Å². The number of hydrogen-bond donors (Lipinski definition) is 2. The van der Waals surface area contributed by atoms with Gasteiger partial charge in [-0.05, 0) is 50.5 Å². The van der Waals surface area contributed by atoms with E-state index in [1.165, 1.54) is 16.8 Å². The van der Waals surface area contributed by atoms with Crippen LogP contribution in [0.1, 0.15) is 41.1 Å². The van der Waals surface area contributed by atoms with Crippen LogP contribution in [0.4, 0.5) is 4.39 Å². The van der Waals surface area contributed by atoms with Gasteiger partial charge in [0.1, 0.15) is 29.6 Å². The van der Waals surface area contributed by atoms with Crippen LogP contribution in [0.2, 0.25) is 0 Å². The second-order valence-electron chi connectivity index (χ2n) is 7.43. The van der Waals surface area contributed by atoms with Crippen LogP contribution in [-0.2, 0) is 13.7 Å². The number of aliphatic hydroxyl groups excluding tert-OH is 1. The molecule has 0 bridgehead atoms. The summed E-state index contributed by atoms with van der Waals surface area (Å²) >= 11 is 0. The van der Waals surface area contributed by atoms with E-state index in [1.807, 2.05) is 0 Å². The van der Waals surface area contributed by atoms with Crippen molar-refractivity contribution in [3.05, 3.63) is 53.2 Å². The molecular formula is C21H23FN4O4. The van der Waals surface area contributed by atoms with Gasteiger partial charge in [0.2, 0.25) is 5.88 Å². The Bertz CT molecular complexity index is 1040. The Balaban J connectivity index is 1.46. The Kier molecular flexibility index (Phi) is 5.54. The van der Waals surface area contributed by atoms with Gasteiger partial charge in [0, 0.05) is 18.7 Å². The number of amides is 1. The SMILES string of the molecule is Cc1onc(-c2ccc(F)cc2)c1COc1cc(C(=O)N[C@H]2CCC[C@@H]2O)n(C)n1. The molecule has 9 heteroatoms. The summed E-state index contributed by atoms with van der Waals surface area (Å²) in [6.07, 6.45) is 1.83. The van der Waals surface area contributed by atoms with Gasteiger partial charge in [0.05, 0.1) is 17.7 Å². The molecule has 1 fully saturated rings. The van der Waals surface area contributed by atoms with E-state index in [0.717, 1.165) is 12.8 Å². The predicted octanol–water partition coefficient (Wildman–Crippen LogP) is 2.74. The number of aryl methyl sites for hydroxylation is 2. The summed E-state index contributed by atoms with van der Waals surface area (Å²) in [6, 6.07) is 7.27. The largest absolute Gasteiger partial charge is 0.471 e. The molecule has 0 saturated heterocycles. The molecule has 1 aliphatic carbocycles. The van der Waals surface area contributed by atoms with Crippen LogP contribution in [0.15, 0.2) is 34.9 Å². The molecule has 0 spiro atoms. The van der Waals surface area contributed by atoms with Crippen molar-refractivity contribution in [3.8, 4) is 17.1 Å². The number of rotatable bonds is 6. The smallest absolute Gasteiger partial charge is 0.269 e. The number of carbonyl (C=O) groups is 1. The average Bonchev–Trinajstić information content (AvgIpc) is 3.40. The molecule has 2 N–H and O–H groups in total. The van der Waals surface area contributed by atoms with Crippen molar-refractivity contribution >= 4 is 5.91 Å². The molecule has 0 radical (unpaired) electrons. The van der Waals surface area contributed by atoms with Crippen LogP contribution < -0.4 is 10.1 Å². The maximum Gasteiger partial charge on any atom is 0.269 e. The number of aromatic nitrogens is 3. The van der Waals surface area contributed by atoms with Gasteiger partial charge in [-0.2, -0.15) is 0 Å². The van der Waals surface area contributed by atoms with E-state index in [0.29, 0.717) is 34.7 Å². The maximum absolute atomic E-state index is 13.2. The minimum Gasteiger partial charge on any atom is -0.471 e. The van der Waals surface area contributed by atoms with Crippen LogP contribution in [0, 0.1) is 12.7 Å². The zero-order valence-electron chi connectivity index (χ0n) is 16.8. The predicted molar refractivity (Wildman–Crippen MR) is 105 cm³/mol. The molecule has 2 aromatic heterocycles. The number of carbonyl (C=O) groups excluding carboxylic acids is 1. The summed E-state index contributed by atoms with van der Waals surface area (Å²) in [6.45, 7) is 1.89. The molecule has 1 aliphatic rings. The van der Waals surface area contributed by atoms with Gasteiger partial charge >= 0.3 is 0 Å². The molecule has 1 saturated carbocycles. The van der Waals surface area contributed by atoms with Crippen molar-refractivity contribution in [1.29, 1.82) is 0 Å². The van der Waals surface area contributed by atoms with Crippen molar-refractivity contribution in [1.82, 2.24) is 20.3 Å². The Morgan fingerprint density at radius 2 is 2.13 bits per heavy atom. The Hall–Kier alpha value is -3.20. The van der Waals surface area contributed by atoms with E-state index >= 15 is 0 Å². The first-order valence-electron chi connectivity index (χ1n) is 9.79. The third-order valence-electron chi connectivity index (χ3n) is 5.35. The number of benzene rings is 1. The van der Waals surface area contributed by atoms with Crippen molar-refractivity contribution in [2.24, 2.45) is 7.05 Å². The topological polar surface area (TPSA) is 102 Å². The average molecular weight is 414 g/mol. The summed E-state index contributed by atoms with van der Waals surface area (Å²) in [5.74, 6) is 0.221. The normalized spacial score (nSPS) is 18.5. The van der Waals surface area contributed by atoms with Crippen LogP contribution >= 0.6 is 0 Å². The van der Waals surface area contributed by atoms with Gasteiger partial charge in [0.15, 0.2) is 0 Å². The second-order valence-corrected chi connectivity index (χ2v) is 7.43. The van der Waals surface area contributed by atoms with E-state index in [9.17, 15) is 14.3 Å². The standard InChI is InChI=1S/C21H23FN4O4/c1-12-15(20(25-30-12)13-6-8-14(22)9-7-13)11-29-19-10-17(26(2)24-19)21(28)23-16-4-3-5-18(16)27/h6-10,16,18,27H,3-5,11H2,1-2H3,(H,23,28)/t16-,18-/m0/s1. The highest BCUT2D eigenvalue weighted by Gasteiger charge is 2.28. The molecule has 4 rings (SSSR count). The third kappa shape index (κ3) is 4.06. The van der Waals surface area contributed by atoms with E-state index in [-0.39, 0.29) is 30.3 Å². The third-order valence-corrected chi connectivity index (χ3v) is 5.35. The number of hydrogen-bond acceptors (Lipinski definition) is 6. The van der Waals surface area contributed by atoms with Gasteiger partial charge in [0.25, 0.3) is 5.91 Å². The molecule has 158 valence electrons. The molecule has 2 atom stereocenters. The van der Waals surface area contributed by atoms with Crippen molar-refractivity contribution in [2.45, 2.75) is 44.9 Å². The summed E-state index contributed by atoms with van der Waals surface area (Å²) in [5, 5.41) is 21.1. The Morgan fingerprint density at radius 3 is 2.83 bits per heavy atom. The van der Waals surface area contributed by atoms with E-state index in [2.05, 4.69) is 15.6 Å². The quantitative estimate of drug-likeness (QED) is 0.643. The van der Waals surface area contributed by atoms with Gasteiger partial charge in [-0.15, -0.1) is 5.10 Å². The van der Waals surface area contributed by atoms with Crippen LogP contribution in [0.25, 0.3) is 11.3 Å². The van der Waals surface area contributed by atoms with Crippen molar-refractivity contribution < 1.29 is 23.6 Å². The molecule has 1 amide bonds. The number of ether oxygens (including phenoxy) is 1. The first kappa shape index (κ1) is 20.1. The number of aliphatic hydroxyl groups is 1. The van der Waals surface area contributed by atoms with Crippen LogP contribution in [-0.4, -0.2) is 38.1 Å². The zero-order chi connectivity index (χ0) is 21.3. The molecule has 3 aromatic rings. The summed E-state index contributed by atoms with van der Waals surface area (Å²) < 4.78 is 25.7. The summed E-state index contributed by atoms with van der Waals surface area (Å²) in [4.78, 5) is 12.5. The molecular weight excluding hydrogens is 391 g/mol. The Morgan fingerprint density at radius 1 is 1.37 bits per heavy atom. The van der Waals surface area contributed by atoms with E-state index < -0.39 is 6.10 Å². The molecule has 0 aliphatic heterocycles. The summed E-state index contributed by atoms with van der Waals surface area (Å²) in [5.41, 5.74) is 2.33. The number of nitrogens with one attached hydrogen (secondary N) is 1. The monoisotopic (exact) mass is 414 g/mol. The van der Waals surface area contributed by atoms with Gasteiger partial charge in [-0.25, -0.2) is 4.39 Å². The highest BCUT2D eigenvalue weighted by molar-refractivity contribution is 5.93. The Labute approximate surface area is 172 Å². The fraction of sp³-hybridized carbons (Fsp3) is 0.381. The second kappa shape index (κ2) is 8.27. The first-order chi connectivity index (χ1) is 14.4. The van der Waals surface area contributed by atoms with Crippen LogP contribution in [0.5, 0.6) is 5.88 Å². The number of halogens is 1. The first-order valence-corrected chi connectivity index (χ1v) is 9.79. The molecule has 1 aromatic carbocycles. The van der Waals surface area contributed by atoms with Gasteiger partial charge < -0.3 is 19.7 Å². The lowest BCUT2D eigenvalue weighted by Crippen LogP contribution is -2.40. The van der Waals surface area contributed by atoms with E-state index in [1.54, 1.807) is 32.2 Å². The lowest BCUT2D eigenvalue weighted by molar-refractivity contribution is 0.0864. The number of nitrogens with zero attached hydrogens (tertiary/aromatic N) is 3. The molecule has 0 unspecified atom stereocenters. The van der Waals surface area contributed by atoms with Gasteiger partial charge in [-0.3, -0.25) is 9.48 Å². The van der Waals surface area contributed by atoms with Crippen molar-refractivity contribution in [3.63, 3.8) is 0 Å². The molecule has 8 nitrogen and oxygen atoms in total. The van der Waals surface area contributed by atoms with Gasteiger partial charge in [-0.1, -0.05) is 5.16 Å². The lowest BCUT2D eigenvalue weighted by atomic mass is 10.1. The summed E-state index contributed by atoms with van der Waals surface area (Å²) in [7, 11) is 1.65. The van der Waals surface area contributed by atoms with E-state index in [4.69, 9.17) is 9.26 Å². The highest BCUT2D eigenvalue weighted by Crippen LogP contribution is 2.27. The maximum atomic E-state index is 13.2. The minimum atomic E-state index is -0.514. The fourth-order valence-corrected chi connectivity index (χ4v) is 3.62. The zero-order valence-corrected chi connectivity index (χ0v) is 16.8. The fourth-order valence-electron chi connectivity index (χ4n) is 3.62. The molecule has 30 heavy (non-hydrogen) atoms. The highest BCUT2D eigenvalue weighted by atomic mass is 19.1.